The van der Waals surface area contributed by atoms with E-state index in [0.29, 0.717) is 11.6 Å². The van der Waals surface area contributed by atoms with E-state index >= 15 is 0 Å². The zero-order valence-electron chi connectivity index (χ0n) is 16.9. The molecule has 1 fully saturated rings. The molecular weight excluding hydrogens is 432 g/mol. The van der Waals surface area contributed by atoms with Gasteiger partial charge in [0.25, 0.3) is 5.91 Å². The molecule has 1 saturated heterocycles. The molecule has 0 aromatic carbocycles. The molecule has 4 heterocycles. The van der Waals surface area contributed by atoms with Crippen molar-refractivity contribution in [3.63, 3.8) is 0 Å². The van der Waals surface area contributed by atoms with Crippen LogP contribution in [-0.4, -0.2) is 58.6 Å². The largest absolute Gasteiger partial charge is 0.368 e. The Morgan fingerprint density at radius 1 is 1.34 bits per heavy atom. The van der Waals surface area contributed by atoms with E-state index in [1.54, 1.807) is 24.5 Å². The minimum Gasteiger partial charge on any atom is -0.368 e. The number of halogens is 1. The van der Waals surface area contributed by atoms with Crippen LogP contribution in [0.3, 0.4) is 0 Å². The maximum atomic E-state index is 12.8. The molecule has 0 spiro atoms. The number of pyridine rings is 2. The molecule has 1 aliphatic rings. The van der Waals surface area contributed by atoms with E-state index in [2.05, 4.69) is 55.1 Å². The molecule has 1 N–H and O–H groups in total. The molecule has 1 amide bonds. The highest BCUT2D eigenvalue weighted by molar-refractivity contribution is 9.10. The van der Waals surface area contributed by atoms with Gasteiger partial charge in [-0.05, 0) is 55.0 Å². The summed E-state index contributed by atoms with van der Waals surface area (Å²) in [6, 6.07) is 4.02. The lowest BCUT2D eigenvalue weighted by Gasteiger charge is -2.38. The first kappa shape index (κ1) is 19.8. The van der Waals surface area contributed by atoms with Crippen molar-refractivity contribution in [1.29, 1.82) is 0 Å². The first-order valence-electron chi connectivity index (χ1n) is 9.72. The molecule has 3 aromatic heterocycles. The Labute approximate surface area is 178 Å². The molecule has 1 unspecified atom stereocenters. The summed E-state index contributed by atoms with van der Waals surface area (Å²) in [5.74, 6) is -0.179. The van der Waals surface area contributed by atoms with Crippen LogP contribution in [0.2, 0.25) is 0 Å². The third kappa shape index (κ3) is 3.86. The number of anilines is 2. The Hall–Kier alpha value is -2.45. The number of carbonyl (C=O) groups excluding carboxylic acids is 1. The number of carbonyl (C=O) groups is 1. The average molecular weight is 457 g/mol. The minimum absolute atomic E-state index is 0.179. The van der Waals surface area contributed by atoms with E-state index in [0.717, 1.165) is 46.4 Å². The van der Waals surface area contributed by atoms with Gasteiger partial charge in [0.15, 0.2) is 0 Å². The van der Waals surface area contributed by atoms with Gasteiger partial charge in [-0.3, -0.25) is 9.78 Å². The normalized spacial score (nSPS) is 17.1. The first-order chi connectivity index (χ1) is 14.0. The van der Waals surface area contributed by atoms with Gasteiger partial charge in [-0.1, -0.05) is 0 Å². The van der Waals surface area contributed by atoms with E-state index in [4.69, 9.17) is 0 Å². The molecule has 0 radical (unpaired) electrons. The van der Waals surface area contributed by atoms with Crippen LogP contribution >= 0.6 is 15.9 Å². The number of hydrogen-bond donors (Lipinski definition) is 1. The van der Waals surface area contributed by atoms with Gasteiger partial charge in [0.05, 0.1) is 26.8 Å². The molecule has 8 heteroatoms. The maximum Gasteiger partial charge on any atom is 0.257 e. The average Bonchev–Trinajstić information content (AvgIpc) is 3.03. The zero-order valence-corrected chi connectivity index (χ0v) is 18.5. The number of aromatic nitrogens is 3. The lowest BCUT2D eigenvalue weighted by Crippen LogP contribution is -2.45. The van der Waals surface area contributed by atoms with Gasteiger partial charge in [0.1, 0.15) is 5.65 Å². The van der Waals surface area contributed by atoms with Gasteiger partial charge in [-0.2, -0.15) is 0 Å². The predicted octanol–water partition coefficient (Wildman–Crippen LogP) is 3.51. The van der Waals surface area contributed by atoms with E-state index in [1.807, 2.05) is 24.0 Å². The van der Waals surface area contributed by atoms with Crippen molar-refractivity contribution in [3.8, 4) is 0 Å². The molecule has 29 heavy (non-hydrogen) atoms. The molecule has 0 saturated carbocycles. The SMILES string of the molecule is CN(C)C1CCCN(c2c(Br)cnc3c2c(NC(=O)c2cccnc2)cn3C)C1. The molecular formula is C21H25BrN6O. The third-order valence-corrected chi connectivity index (χ3v) is 6.11. The molecule has 1 aliphatic heterocycles. The maximum absolute atomic E-state index is 12.8. The molecule has 4 rings (SSSR count). The van der Waals surface area contributed by atoms with Crippen molar-refractivity contribution in [2.45, 2.75) is 18.9 Å². The van der Waals surface area contributed by atoms with E-state index in [-0.39, 0.29) is 5.91 Å². The second kappa shape index (κ2) is 8.12. The summed E-state index contributed by atoms with van der Waals surface area (Å²) in [4.78, 5) is 26.1. The van der Waals surface area contributed by atoms with Crippen molar-refractivity contribution in [2.24, 2.45) is 7.05 Å². The summed E-state index contributed by atoms with van der Waals surface area (Å²) in [7, 11) is 6.21. The molecule has 7 nitrogen and oxygen atoms in total. The molecule has 0 bridgehead atoms. The van der Waals surface area contributed by atoms with Crippen molar-refractivity contribution < 1.29 is 4.79 Å². The van der Waals surface area contributed by atoms with Gasteiger partial charge in [0.2, 0.25) is 0 Å². The van der Waals surface area contributed by atoms with E-state index in [1.165, 1.54) is 6.42 Å². The quantitative estimate of drug-likeness (QED) is 0.650. The lowest BCUT2D eigenvalue weighted by molar-refractivity contribution is 0.102. The number of nitrogens with zero attached hydrogens (tertiary/aromatic N) is 5. The topological polar surface area (TPSA) is 66.3 Å². The van der Waals surface area contributed by atoms with Crippen LogP contribution < -0.4 is 10.2 Å². The number of aryl methyl sites for hydroxylation is 1. The summed E-state index contributed by atoms with van der Waals surface area (Å²) in [6.07, 6.45) is 9.32. The number of piperidine rings is 1. The van der Waals surface area contributed by atoms with E-state index in [9.17, 15) is 4.79 Å². The summed E-state index contributed by atoms with van der Waals surface area (Å²) in [6.45, 7) is 1.92. The fourth-order valence-corrected chi connectivity index (χ4v) is 4.53. The molecule has 3 aromatic rings. The highest BCUT2D eigenvalue weighted by Gasteiger charge is 2.27. The lowest BCUT2D eigenvalue weighted by atomic mass is 10.0. The standard InChI is InChI=1S/C21H25BrN6O/c1-26(2)15-7-5-9-28(12-15)19-16(22)11-24-20-18(19)17(13-27(20)3)25-21(29)14-6-4-8-23-10-14/h4,6,8,10-11,13,15H,5,7,9,12H2,1-3H3,(H,25,29). The summed E-state index contributed by atoms with van der Waals surface area (Å²) in [5.41, 5.74) is 3.21. The Bertz CT molecular complexity index is 1030. The number of amides is 1. The third-order valence-electron chi connectivity index (χ3n) is 5.53. The Morgan fingerprint density at radius 3 is 2.90 bits per heavy atom. The molecule has 0 aliphatic carbocycles. The number of rotatable bonds is 4. The van der Waals surface area contributed by atoms with Crippen molar-refractivity contribution in [2.75, 3.05) is 37.4 Å². The summed E-state index contributed by atoms with van der Waals surface area (Å²) < 4.78 is 2.89. The van der Waals surface area contributed by atoms with Crippen LogP contribution in [0.15, 0.2) is 41.4 Å². The second-order valence-corrected chi connectivity index (χ2v) is 8.56. The zero-order chi connectivity index (χ0) is 20.5. The fraction of sp³-hybridized carbons (Fsp3) is 0.381. The Balaban J connectivity index is 1.77. The van der Waals surface area contributed by atoms with Crippen LogP contribution in [0, 0.1) is 0 Å². The minimum atomic E-state index is -0.179. The number of hydrogen-bond acceptors (Lipinski definition) is 5. The van der Waals surface area contributed by atoms with Crippen molar-refractivity contribution in [1.82, 2.24) is 19.4 Å². The highest BCUT2D eigenvalue weighted by Crippen LogP contribution is 2.40. The van der Waals surface area contributed by atoms with E-state index < -0.39 is 0 Å². The van der Waals surface area contributed by atoms with Gasteiger partial charge in [0, 0.05) is 51.0 Å². The number of likely N-dealkylation sites (N-methyl/N-ethyl adjacent to an activating group) is 1. The highest BCUT2D eigenvalue weighted by atomic mass is 79.9. The summed E-state index contributed by atoms with van der Waals surface area (Å²) in [5, 5.41) is 4.02. The second-order valence-electron chi connectivity index (χ2n) is 7.71. The number of fused-ring (bicyclic) bond motifs is 1. The van der Waals surface area contributed by atoms with Gasteiger partial charge in [-0.15, -0.1) is 0 Å². The number of nitrogens with one attached hydrogen (secondary N) is 1. The smallest absolute Gasteiger partial charge is 0.257 e. The van der Waals surface area contributed by atoms with Gasteiger partial charge < -0.3 is 19.7 Å². The monoisotopic (exact) mass is 456 g/mol. The van der Waals surface area contributed by atoms with Crippen LogP contribution in [-0.2, 0) is 7.05 Å². The Kier molecular flexibility index (Phi) is 5.56. The van der Waals surface area contributed by atoms with Crippen LogP contribution in [0.4, 0.5) is 11.4 Å². The molecule has 152 valence electrons. The van der Waals surface area contributed by atoms with Gasteiger partial charge >= 0.3 is 0 Å². The Morgan fingerprint density at radius 2 is 2.17 bits per heavy atom. The van der Waals surface area contributed by atoms with Crippen LogP contribution in [0.1, 0.15) is 23.2 Å². The predicted molar refractivity (Wildman–Crippen MR) is 120 cm³/mol. The fourth-order valence-electron chi connectivity index (χ4n) is 3.98. The van der Waals surface area contributed by atoms with Crippen LogP contribution in [0.25, 0.3) is 11.0 Å². The van der Waals surface area contributed by atoms with Crippen LogP contribution in [0.5, 0.6) is 0 Å². The van der Waals surface area contributed by atoms with Crippen molar-refractivity contribution >= 4 is 44.2 Å². The van der Waals surface area contributed by atoms with Crippen molar-refractivity contribution in [3.05, 3.63) is 47.0 Å². The summed E-state index contributed by atoms with van der Waals surface area (Å²) >= 11 is 3.71. The van der Waals surface area contributed by atoms with Gasteiger partial charge in [-0.25, -0.2) is 4.98 Å². The first-order valence-corrected chi connectivity index (χ1v) is 10.5. The molecule has 1 atom stereocenters.